The Labute approximate surface area is 125 Å². The fraction of sp³-hybridized carbons (Fsp3) is 0.818. The summed E-state index contributed by atoms with van der Waals surface area (Å²) in [5.41, 5.74) is 0. The zero-order valence-electron chi connectivity index (χ0n) is 10.2. The summed E-state index contributed by atoms with van der Waals surface area (Å²) < 4.78 is 0. The molecule has 0 aliphatic carbocycles. The largest absolute Gasteiger partial charge is 0.480 e. The predicted octanol–water partition coefficient (Wildman–Crippen LogP) is 1.66. The number of carboxylic acid groups (broad SMARTS) is 1. The first kappa shape index (κ1) is 18.0. The van der Waals surface area contributed by atoms with Crippen LogP contribution in [0.15, 0.2) is 0 Å². The lowest BCUT2D eigenvalue weighted by molar-refractivity contribution is -0.141. The van der Waals surface area contributed by atoms with E-state index in [1.165, 1.54) is 0 Å². The summed E-state index contributed by atoms with van der Waals surface area (Å²) in [4.78, 5) is 22.1. The van der Waals surface area contributed by atoms with Gasteiger partial charge in [0.05, 0.1) is 0 Å². The molecule has 2 unspecified atom stereocenters. The second-order valence-corrected chi connectivity index (χ2v) is 5.60. The van der Waals surface area contributed by atoms with Gasteiger partial charge in [-0.2, -0.15) is 37.9 Å². The standard InChI is InChI=1S/C11H21NO3S3/c13-10(12-9(7-17)11(14)15)4-2-1-3-8(18)5-6-16/h8-9,16-18H,1-7H2,(H,12,13)(H,14,15). The van der Waals surface area contributed by atoms with Gasteiger partial charge in [-0.1, -0.05) is 6.42 Å². The molecule has 0 fully saturated rings. The summed E-state index contributed by atoms with van der Waals surface area (Å²) in [6.45, 7) is 0. The zero-order chi connectivity index (χ0) is 14.0. The lowest BCUT2D eigenvalue weighted by Gasteiger charge is -2.12. The molecule has 2 N–H and O–H groups in total. The quantitative estimate of drug-likeness (QED) is 0.315. The third kappa shape index (κ3) is 8.99. The highest BCUT2D eigenvalue weighted by Crippen LogP contribution is 2.12. The Morgan fingerprint density at radius 3 is 2.33 bits per heavy atom. The van der Waals surface area contributed by atoms with E-state index >= 15 is 0 Å². The molecule has 106 valence electrons. The normalized spacial score (nSPS) is 13.9. The minimum absolute atomic E-state index is 0.0989. The van der Waals surface area contributed by atoms with Crippen molar-refractivity contribution in [3.8, 4) is 0 Å². The van der Waals surface area contributed by atoms with E-state index in [4.69, 9.17) is 5.11 Å². The Balaban J connectivity index is 3.68. The third-order valence-electron chi connectivity index (χ3n) is 2.47. The molecule has 4 nitrogen and oxygen atoms in total. The highest BCUT2D eigenvalue weighted by Gasteiger charge is 2.17. The maximum atomic E-state index is 11.4. The van der Waals surface area contributed by atoms with Crippen LogP contribution in [0.5, 0.6) is 0 Å². The maximum Gasteiger partial charge on any atom is 0.327 e. The zero-order valence-corrected chi connectivity index (χ0v) is 12.9. The van der Waals surface area contributed by atoms with Crippen LogP contribution in [-0.4, -0.2) is 39.8 Å². The lowest BCUT2D eigenvalue weighted by atomic mass is 10.1. The molecule has 0 heterocycles. The van der Waals surface area contributed by atoms with Gasteiger partial charge in [0, 0.05) is 17.4 Å². The number of amides is 1. The van der Waals surface area contributed by atoms with Crippen LogP contribution in [-0.2, 0) is 9.59 Å². The molecule has 0 rings (SSSR count). The Morgan fingerprint density at radius 1 is 1.17 bits per heavy atom. The van der Waals surface area contributed by atoms with Crippen molar-refractivity contribution < 1.29 is 14.7 Å². The van der Waals surface area contributed by atoms with E-state index in [0.717, 1.165) is 31.4 Å². The van der Waals surface area contributed by atoms with E-state index in [0.29, 0.717) is 11.7 Å². The van der Waals surface area contributed by atoms with Gasteiger partial charge in [0.1, 0.15) is 6.04 Å². The van der Waals surface area contributed by atoms with Crippen molar-refractivity contribution in [3.05, 3.63) is 0 Å². The van der Waals surface area contributed by atoms with Gasteiger partial charge < -0.3 is 10.4 Å². The second kappa shape index (κ2) is 10.9. The van der Waals surface area contributed by atoms with Crippen LogP contribution in [0.2, 0.25) is 0 Å². The second-order valence-electron chi connectivity index (χ2n) is 4.05. The molecule has 0 aliphatic heterocycles. The van der Waals surface area contributed by atoms with Crippen LogP contribution in [0.1, 0.15) is 32.1 Å². The van der Waals surface area contributed by atoms with Crippen LogP contribution in [0.3, 0.4) is 0 Å². The minimum atomic E-state index is -1.05. The molecular weight excluding hydrogens is 290 g/mol. The van der Waals surface area contributed by atoms with E-state index in [-0.39, 0.29) is 11.7 Å². The van der Waals surface area contributed by atoms with E-state index in [1.54, 1.807) is 0 Å². The van der Waals surface area contributed by atoms with Crippen LogP contribution in [0, 0.1) is 0 Å². The molecular formula is C11H21NO3S3. The SMILES string of the molecule is O=C(CCCCC(S)CCS)NC(CS)C(=O)O. The average Bonchev–Trinajstić information content (AvgIpc) is 2.31. The van der Waals surface area contributed by atoms with Gasteiger partial charge in [-0.05, 0) is 25.0 Å². The van der Waals surface area contributed by atoms with Crippen molar-refractivity contribution in [2.45, 2.75) is 43.4 Å². The molecule has 1 amide bonds. The minimum Gasteiger partial charge on any atom is -0.480 e. The monoisotopic (exact) mass is 311 g/mol. The Bertz CT molecular complexity index is 264. The third-order valence-corrected chi connectivity index (χ3v) is 3.61. The number of aliphatic carboxylic acids is 1. The number of rotatable bonds is 10. The van der Waals surface area contributed by atoms with Crippen molar-refractivity contribution in [2.75, 3.05) is 11.5 Å². The fourth-order valence-corrected chi connectivity index (χ4v) is 2.49. The molecule has 0 saturated carbocycles. The molecule has 0 aromatic rings. The molecule has 0 aromatic heterocycles. The maximum absolute atomic E-state index is 11.4. The first-order valence-corrected chi connectivity index (χ1v) is 7.71. The summed E-state index contributed by atoms with van der Waals surface area (Å²) in [6.07, 6.45) is 3.91. The Kier molecular flexibility index (Phi) is 10.9. The molecule has 0 spiro atoms. The summed E-state index contributed by atoms with van der Waals surface area (Å²) in [5.74, 6) is -0.373. The van der Waals surface area contributed by atoms with Gasteiger partial charge in [0.25, 0.3) is 0 Å². The summed E-state index contributed by atoms with van der Waals surface area (Å²) in [5, 5.41) is 11.5. The van der Waals surface area contributed by atoms with Crippen LogP contribution in [0.25, 0.3) is 0 Å². The van der Waals surface area contributed by atoms with Crippen molar-refractivity contribution in [1.29, 1.82) is 0 Å². The Hall–Kier alpha value is -0.0100. The summed E-state index contributed by atoms with van der Waals surface area (Å²) in [6, 6.07) is -0.900. The lowest BCUT2D eigenvalue weighted by Crippen LogP contribution is -2.42. The number of hydrogen-bond donors (Lipinski definition) is 5. The number of carbonyl (C=O) groups excluding carboxylic acids is 1. The topological polar surface area (TPSA) is 66.4 Å². The summed E-state index contributed by atoms with van der Waals surface area (Å²) >= 11 is 12.4. The number of hydrogen-bond acceptors (Lipinski definition) is 5. The molecule has 0 saturated heterocycles. The molecule has 7 heteroatoms. The van der Waals surface area contributed by atoms with E-state index < -0.39 is 12.0 Å². The van der Waals surface area contributed by atoms with Gasteiger partial charge >= 0.3 is 5.97 Å². The van der Waals surface area contributed by atoms with Gasteiger partial charge in [0.2, 0.25) is 5.91 Å². The van der Waals surface area contributed by atoms with Gasteiger partial charge in [-0.3, -0.25) is 4.79 Å². The van der Waals surface area contributed by atoms with Crippen molar-refractivity contribution in [3.63, 3.8) is 0 Å². The number of nitrogens with one attached hydrogen (secondary N) is 1. The molecule has 0 bridgehead atoms. The van der Waals surface area contributed by atoms with Crippen LogP contribution < -0.4 is 5.32 Å². The van der Waals surface area contributed by atoms with Crippen molar-refractivity contribution in [1.82, 2.24) is 5.32 Å². The Morgan fingerprint density at radius 2 is 1.83 bits per heavy atom. The van der Waals surface area contributed by atoms with Gasteiger partial charge in [0.15, 0.2) is 0 Å². The van der Waals surface area contributed by atoms with E-state index in [2.05, 4.69) is 43.2 Å². The van der Waals surface area contributed by atoms with Gasteiger partial charge in [-0.25, -0.2) is 4.79 Å². The smallest absolute Gasteiger partial charge is 0.327 e. The van der Waals surface area contributed by atoms with Crippen molar-refractivity contribution in [2.24, 2.45) is 0 Å². The van der Waals surface area contributed by atoms with Crippen LogP contribution >= 0.6 is 37.9 Å². The number of carboxylic acids is 1. The first-order chi connectivity index (χ1) is 8.51. The number of unbranched alkanes of at least 4 members (excludes halogenated alkanes) is 1. The highest BCUT2D eigenvalue weighted by molar-refractivity contribution is 7.81. The van der Waals surface area contributed by atoms with E-state index in [9.17, 15) is 9.59 Å². The highest BCUT2D eigenvalue weighted by atomic mass is 32.1. The van der Waals surface area contributed by atoms with E-state index in [1.807, 2.05) is 0 Å². The van der Waals surface area contributed by atoms with Crippen molar-refractivity contribution >= 4 is 49.8 Å². The van der Waals surface area contributed by atoms with Gasteiger partial charge in [-0.15, -0.1) is 0 Å². The number of carbonyl (C=O) groups is 2. The fourth-order valence-electron chi connectivity index (χ4n) is 1.41. The molecule has 0 aromatic carbocycles. The first-order valence-electron chi connectivity index (χ1n) is 5.93. The van der Waals surface area contributed by atoms with Crippen LogP contribution in [0.4, 0.5) is 0 Å². The molecule has 0 aliphatic rings. The molecule has 0 radical (unpaired) electrons. The molecule has 18 heavy (non-hydrogen) atoms. The number of thiol groups is 3. The average molecular weight is 311 g/mol. The molecule has 2 atom stereocenters. The summed E-state index contributed by atoms with van der Waals surface area (Å²) in [7, 11) is 0. The predicted molar refractivity (Wildman–Crippen MR) is 83.1 cm³/mol.